The minimum absolute atomic E-state index is 0.567. The Hall–Kier alpha value is -9.39. The summed E-state index contributed by atoms with van der Waals surface area (Å²) in [5.41, 5.74) is 15.9. The van der Waals surface area contributed by atoms with Crippen molar-refractivity contribution < 1.29 is 4.74 Å². The Kier molecular flexibility index (Phi) is 8.18. The highest BCUT2D eigenvalue weighted by molar-refractivity contribution is 6.15. The molecule has 0 saturated carbocycles. The fourth-order valence-corrected chi connectivity index (χ4v) is 11.8. The molecule has 6 nitrogen and oxygen atoms in total. The molecule has 0 radical (unpaired) electrons. The minimum Gasteiger partial charge on any atom is -0.457 e. The normalized spacial score (nSPS) is 13.1. The van der Waals surface area contributed by atoms with Crippen molar-refractivity contribution in [2.24, 2.45) is 0 Å². The Bertz CT molecular complexity index is 4200. The van der Waals surface area contributed by atoms with Crippen molar-refractivity contribution in [2.45, 2.75) is 5.41 Å². The molecule has 13 aromatic rings. The lowest BCUT2D eigenvalue weighted by atomic mass is 9.66. The molecule has 10 aromatic carbocycles. The zero-order chi connectivity index (χ0) is 45.9. The van der Waals surface area contributed by atoms with E-state index in [9.17, 15) is 0 Å². The fraction of sp³-hybridized carbons (Fsp3) is 0.0156. The van der Waals surface area contributed by atoms with Crippen LogP contribution in [-0.4, -0.2) is 24.1 Å². The van der Waals surface area contributed by atoms with Gasteiger partial charge in [-0.1, -0.05) is 176 Å². The topological polar surface area (TPSA) is 57.8 Å². The molecule has 6 heteroatoms. The van der Waals surface area contributed by atoms with Gasteiger partial charge in [-0.2, -0.15) is 0 Å². The lowest BCUT2D eigenvalue weighted by Gasteiger charge is -2.39. The second-order valence-corrected chi connectivity index (χ2v) is 18.3. The fourth-order valence-electron chi connectivity index (χ4n) is 11.8. The van der Waals surface area contributed by atoms with Gasteiger partial charge in [-0.25, -0.2) is 15.0 Å². The third-order valence-corrected chi connectivity index (χ3v) is 14.6. The van der Waals surface area contributed by atoms with Crippen LogP contribution in [0.1, 0.15) is 22.3 Å². The first-order chi connectivity index (χ1) is 34.7. The maximum atomic E-state index is 6.60. The molecule has 1 spiro atoms. The van der Waals surface area contributed by atoms with E-state index >= 15 is 0 Å². The van der Waals surface area contributed by atoms with E-state index in [4.69, 9.17) is 19.7 Å². The van der Waals surface area contributed by atoms with Crippen molar-refractivity contribution in [1.82, 2.24) is 24.1 Å². The SMILES string of the molecule is c1ccc(-c2nc(-c3ccc4c(c3)-c3ccccc3C43c4ccccc4Oc4ccccc43)nc(-c3cccc4c3c3ccccc3n4-c3cccc(-n4c5ccccc5c5ccccc54)c3)n2)cc1. The number of hydrogen-bond acceptors (Lipinski definition) is 4. The Balaban J connectivity index is 0.932. The van der Waals surface area contributed by atoms with Crippen LogP contribution >= 0.6 is 0 Å². The van der Waals surface area contributed by atoms with Crippen LogP contribution in [0.2, 0.25) is 0 Å². The Morgan fingerprint density at radius 1 is 0.314 bits per heavy atom. The second-order valence-electron chi connectivity index (χ2n) is 18.3. The van der Waals surface area contributed by atoms with E-state index in [2.05, 4.69) is 228 Å². The Morgan fingerprint density at radius 3 is 1.50 bits per heavy atom. The third-order valence-electron chi connectivity index (χ3n) is 14.6. The summed E-state index contributed by atoms with van der Waals surface area (Å²) < 4.78 is 11.4. The summed E-state index contributed by atoms with van der Waals surface area (Å²) in [6.07, 6.45) is 0. The van der Waals surface area contributed by atoms with Gasteiger partial charge in [-0.05, 0) is 82.9 Å². The molecule has 0 amide bonds. The van der Waals surface area contributed by atoms with E-state index in [0.29, 0.717) is 17.5 Å². The van der Waals surface area contributed by atoms with Crippen molar-refractivity contribution in [3.05, 3.63) is 259 Å². The van der Waals surface area contributed by atoms with Gasteiger partial charge in [0.25, 0.3) is 0 Å². The minimum atomic E-state index is -0.567. The number of rotatable bonds is 5. The van der Waals surface area contributed by atoms with Crippen molar-refractivity contribution in [1.29, 1.82) is 0 Å². The standard InChI is InChI=1S/C64H39N5O/c1-2-18-40(19-3-1)61-65-62(41-36-37-51-49(38-41)44-22-4-8-27-50(44)64(51)52-28-9-14-34-58(52)70-59-35-15-10-29-53(59)64)67-63(66-61)48-26-17-33-57-60(48)47-25-7-13-32-56(47)69(57)43-21-16-20-42(39-43)68-54-30-11-5-23-45(54)46-24-6-12-31-55(46)68/h1-39H. The van der Waals surface area contributed by atoms with Gasteiger partial charge < -0.3 is 13.9 Å². The molecule has 15 rings (SSSR count). The van der Waals surface area contributed by atoms with Crippen LogP contribution in [0, 0.1) is 0 Å². The zero-order valence-corrected chi connectivity index (χ0v) is 37.7. The van der Waals surface area contributed by atoms with Gasteiger partial charge in [-0.3, -0.25) is 0 Å². The summed E-state index contributed by atoms with van der Waals surface area (Å²) in [6.45, 7) is 0. The molecule has 4 heterocycles. The number of benzene rings is 10. The largest absolute Gasteiger partial charge is 0.457 e. The number of nitrogens with zero attached hydrogens (tertiary/aromatic N) is 5. The number of fused-ring (bicyclic) bond motifs is 15. The van der Waals surface area contributed by atoms with Crippen LogP contribution in [0.25, 0.3) is 100 Å². The first kappa shape index (κ1) is 38.7. The second kappa shape index (κ2) is 14.8. The molecule has 0 bridgehead atoms. The highest BCUT2D eigenvalue weighted by Gasteiger charge is 2.51. The molecule has 3 aromatic heterocycles. The van der Waals surface area contributed by atoms with E-state index in [-0.39, 0.29) is 0 Å². The summed E-state index contributed by atoms with van der Waals surface area (Å²) in [5.74, 6) is 3.58. The van der Waals surface area contributed by atoms with Crippen molar-refractivity contribution >= 4 is 43.6 Å². The molecule has 70 heavy (non-hydrogen) atoms. The van der Waals surface area contributed by atoms with Gasteiger partial charge in [0.15, 0.2) is 17.5 Å². The van der Waals surface area contributed by atoms with Crippen LogP contribution < -0.4 is 4.74 Å². The predicted molar refractivity (Wildman–Crippen MR) is 282 cm³/mol. The third kappa shape index (κ3) is 5.41. The highest BCUT2D eigenvalue weighted by Crippen LogP contribution is 2.62. The molecule has 0 atom stereocenters. The summed E-state index contributed by atoms with van der Waals surface area (Å²) in [5, 5.41) is 4.68. The maximum absolute atomic E-state index is 6.60. The first-order valence-electron chi connectivity index (χ1n) is 23.8. The van der Waals surface area contributed by atoms with Crippen molar-refractivity contribution in [2.75, 3.05) is 0 Å². The van der Waals surface area contributed by atoms with Gasteiger partial charge in [0, 0.05) is 60.7 Å². The number of aromatic nitrogens is 5. The number of ether oxygens (including phenoxy) is 1. The molecule has 0 N–H and O–H groups in total. The van der Waals surface area contributed by atoms with Crippen LogP contribution in [0.5, 0.6) is 11.5 Å². The molecule has 1 aliphatic carbocycles. The Morgan fingerprint density at radius 2 is 0.800 bits per heavy atom. The van der Waals surface area contributed by atoms with Gasteiger partial charge in [0.1, 0.15) is 11.5 Å². The van der Waals surface area contributed by atoms with E-state index in [0.717, 1.165) is 78.1 Å². The van der Waals surface area contributed by atoms with E-state index in [1.54, 1.807) is 0 Å². The van der Waals surface area contributed by atoms with Crippen LogP contribution in [0.15, 0.2) is 237 Å². The van der Waals surface area contributed by atoms with Crippen molar-refractivity contribution in [3.63, 3.8) is 0 Å². The molecule has 0 saturated heterocycles. The smallest absolute Gasteiger partial charge is 0.164 e. The van der Waals surface area contributed by atoms with Gasteiger partial charge in [-0.15, -0.1) is 0 Å². The molecule has 0 fully saturated rings. The summed E-state index contributed by atoms with van der Waals surface area (Å²) in [7, 11) is 0. The highest BCUT2D eigenvalue weighted by atomic mass is 16.5. The molecular weight excluding hydrogens is 855 g/mol. The molecular formula is C64H39N5O. The number of para-hydroxylation sites is 5. The van der Waals surface area contributed by atoms with Crippen LogP contribution in [0.4, 0.5) is 0 Å². The molecule has 326 valence electrons. The van der Waals surface area contributed by atoms with E-state index < -0.39 is 5.41 Å². The average Bonchev–Trinajstić information content (AvgIpc) is 4.06. The Labute approximate surface area is 403 Å². The van der Waals surface area contributed by atoms with Gasteiger partial charge in [0.05, 0.1) is 27.5 Å². The van der Waals surface area contributed by atoms with Crippen LogP contribution in [0.3, 0.4) is 0 Å². The molecule has 0 unspecified atom stereocenters. The van der Waals surface area contributed by atoms with Gasteiger partial charge >= 0.3 is 0 Å². The lowest BCUT2D eigenvalue weighted by molar-refractivity contribution is 0.436. The maximum Gasteiger partial charge on any atom is 0.164 e. The summed E-state index contributed by atoms with van der Waals surface area (Å²) in [6, 6.07) is 84.2. The van der Waals surface area contributed by atoms with E-state index in [1.807, 2.05) is 18.2 Å². The first-order valence-corrected chi connectivity index (χ1v) is 23.8. The average molecular weight is 894 g/mol. The van der Waals surface area contributed by atoms with Crippen LogP contribution in [-0.2, 0) is 5.41 Å². The monoisotopic (exact) mass is 893 g/mol. The molecule has 2 aliphatic rings. The van der Waals surface area contributed by atoms with E-state index in [1.165, 1.54) is 38.5 Å². The van der Waals surface area contributed by atoms with Crippen molar-refractivity contribution in [3.8, 4) is 68.2 Å². The molecule has 1 aliphatic heterocycles. The quantitative estimate of drug-likeness (QED) is 0.173. The number of hydrogen-bond donors (Lipinski definition) is 0. The summed E-state index contributed by atoms with van der Waals surface area (Å²) >= 11 is 0. The van der Waals surface area contributed by atoms with Gasteiger partial charge in [0.2, 0.25) is 0 Å². The summed E-state index contributed by atoms with van der Waals surface area (Å²) in [4.78, 5) is 16.0. The zero-order valence-electron chi connectivity index (χ0n) is 37.7. The lowest BCUT2D eigenvalue weighted by Crippen LogP contribution is -2.32. The predicted octanol–water partition coefficient (Wildman–Crippen LogP) is 15.5.